The Kier molecular flexibility index (Phi) is 11.5. The molecular weight excluding hydrogens is 666 g/mol. The van der Waals surface area contributed by atoms with Crippen molar-refractivity contribution in [3.05, 3.63) is 107 Å². The van der Waals surface area contributed by atoms with Crippen LogP contribution in [0.5, 0.6) is 11.5 Å². The third-order valence-corrected chi connectivity index (χ3v) is 9.75. The number of carbonyl (C=O) groups excluding carboxylic acids is 1. The Morgan fingerprint density at radius 2 is 1.73 bits per heavy atom. The SMILES string of the molecule is Cc1cc(C)c(OC(=O)N(Cc2csc(-c3ccccc3)n2)c2ccnc(Nc3ccc(OCCN4CCN(C(C)C)CC4)c(F)c3)n2)c(C)c1. The summed E-state index contributed by atoms with van der Waals surface area (Å²) in [5.74, 6) is 0.670. The average Bonchev–Trinajstić information content (AvgIpc) is 3.59. The van der Waals surface area contributed by atoms with Crippen molar-refractivity contribution in [1.29, 1.82) is 0 Å². The highest BCUT2D eigenvalue weighted by molar-refractivity contribution is 7.13. The number of anilines is 3. The van der Waals surface area contributed by atoms with Crippen LogP contribution in [0.4, 0.5) is 26.6 Å². The normalized spacial score (nSPS) is 13.7. The molecule has 3 heterocycles. The molecule has 0 atom stereocenters. The first-order valence-corrected chi connectivity index (χ1v) is 18.1. The molecule has 1 fully saturated rings. The van der Waals surface area contributed by atoms with Gasteiger partial charge in [-0.1, -0.05) is 48.0 Å². The molecule has 0 spiro atoms. The van der Waals surface area contributed by atoms with Gasteiger partial charge in [0.25, 0.3) is 0 Å². The molecule has 1 saturated heterocycles. The van der Waals surface area contributed by atoms with Gasteiger partial charge in [0.15, 0.2) is 11.6 Å². The third-order valence-electron chi connectivity index (χ3n) is 8.81. The highest BCUT2D eigenvalue weighted by Crippen LogP contribution is 2.29. The first kappa shape index (κ1) is 35.9. The molecule has 6 rings (SSSR count). The van der Waals surface area contributed by atoms with Crippen LogP contribution >= 0.6 is 11.3 Å². The highest BCUT2D eigenvalue weighted by Gasteiger charge is 2.24. The molecule has 2 aromatic heterocycles. The van der Waals surface area contributed by atoms with Gasteiger partial charge in [0.2, 0.25) is 5.95 Å². The molecule has 1 N–H and O–H groups in total. The van der Waals surface area contributed by atoms with Crippen LogP contribution in [0.25, 0.3) is 10.6 Å². The summed E-state index contributed by atoms with van der Waals surface area (Å²) in [6, 6.07) is 20.7. The van der Waals surface area contributed by atoms with E-state index in [0.717, 1.165) is 60.0 Å². The van der Waals surface area contributed by atoms with Gasteiger partial charge in [0, 0.05) is 67.7 Å². The second-order valence-corrected chi connectivity index (χ2v) is 13.9. The number of halogens is 1. The van der Waals surface area contributed by atoms with E-state index >= 15 is 4.39 Å². The standard InChI is InChI=1S/C39H44FN7O3S/c1-26(2)46-17-15-45(16-18-46)19-20-49-34-12-11-31(23-33(34)40)43-38-41-14-13-35(44-38)47(39(48)50-36-28(4)21-27(3)22-29(36)5)24-32-25-51-37(42-32)30-9-7-6-8-10-30/h6-14,21-23,25-26H,15-20,24H2,1-5H3,(H,41,43,44). The van der Waals surface area contributed by atoms with Crippen LogP contribution in [0, 0.1) is 26.6 Å². The molecule has 0 unspecified atom stereocenters. The summed E-state index contributed by atoms with van der Waals surface area (Å²) in [7, 11) is 0. The number of benzene rings is 3. The smallest absolute Gasteiger partial charge is 0.421 e. The lowest BCUT2D eigenvalue weighted by atomic mass is 10.1. The summed E-state index contributed by atoms with van der Waals surface area (Å²) in [6.45, 7) is 15.5. The van der Waals surface area contributed by atoms with Crippen LogP contribution in [0.3, 0.4) is 0 Å². The quantitative estimate of drug-likeness (QED) is 0.138. The topological polar surface area (TPSA) is 95.9 Å². The number of nitrogens with one attached hydrogen (secondary N) is 1. The summed E-state index contributed by atoms with van der Waals surface area (Å²) in [5.41, 5.74) is 4.89. The lowest BCUT2D eigenvalue weighted by Crippen LogP contribution is -2.49. The fraction of sp³-hybridized carbons (Fsp3) is 0.333. The van der Waals surface area contributed by atoms with E-state index in [0.29, 0.717) is 35.6 Å². The minimum absolute atomic E-state index is 0.108. The zero-order valence-electron chi connectivity index (χ0n) is 29.7. The van der Waals surface area contributed by atoms with Gasteiger partial charge in [-0.3, -0.25) is 14.7 Å². The Balaban J connectivity index is 1.16. The Bertz CT molecular complexity index is 1920. The lowest BCUT2D eigenvalue weighted by Gasteiger charge is -2.36. The predicted molar refractivity (Wildman–Crippen MR) is 201 cm³/mol. The minimum atomic E-state index is -0.613. The fourth-order valence-electron chi connectivity index (χ4n) is 6.14. The van der Waals surface area contributed by atoms with Crippen molar-refractivity contribution in [2.24, 2.45) is 0 Å². The van der Waals surface area contributed by atoms with Gasteiger partial charge in [0.1, 0.15) is 23.2 Å². The first-order chi connectivity index (χ1) is 24.6. The second kappa shape index (κ2) is 16.4. The number of ether oxygens (including phenoxy) is 2. The van der Waals surface area contributed by atoms with Crippen molar-refractivity contribution >= 4 is 34.9 Å². The molecule has 266 valence electrons. The van der Waals surface area contributed by atoms with Crippen LogP contribution in [0.15, 0.2) is 78.3 Å². The van der Waals surface area contributed by atoms with Crippen LogP contribution in [0.1, 0.15) is 36.2 Å². The maximum absolute atomic E-state index is 15.1. The van der Waals surface area contributed by atoms with Gasteiger partial charge in [-0.05, 0) is 63.9 Å². The summed E-state index contributed by atoms with van der Waals surface area (Å²) in [4.78, 5) is 33.9. The van der Waals surface area contributed by atoms with Crippen LogP contribution in [-0.4, -0.2) is 76.2 Å². The van der Waals surface area contributed by atoms with E-state index < -0.39 is 11.9 Å². The molecule has 51 heavy (non-hydrogen) atoms. The molecule has 0 radical (unpaired) electrons. The molecule has 10 nitrogen and oxygen atoms in total. The van der Waals surface area contributed by atoms with E-state index in [2.05, 4.69) is 38.9 Å². The number of aromatic nitrogens is 3. The number of amides is 1. The predicted octanol–water partition coefficient (Wildman–Crippen LogP) is 8.02. The van der Waals surface area contributed by atoms with Crippen LogP contribution in [-0.2, 0) is 6.54 Å². The summed E-state index contributed by atoms with van der Waals surface area (Å²) in [6.07, 6.45) is 0.928. The lowest BCUT2D eigenvalue weighted by molar-refractivity contribution is 0.0965. The largest absolute Gasteiger partial charge is 0.489 e. The van der Waals surface area contributed by atoms with Gasteiger partial charge in [0.05, 0.1) is 12.2 Å². The van der Waals surface area contributed by atoms with Crippen molar-refractivity contribution in [3.63, 3.8) is 0 Å². The van der Waals surface area contributed by atoms with Crippen molar-refractivity contribution in [2.75, 3.05) is 49.5 Å². The van der Waals surface area contributed by atoms with Crippen LogP contribution < -0.4 is 19.7 Å². The summed E-state index contributed by atoms with van der Waals surface area (Å²) >= 11 is 1.50. The van der Waals surface area contributed by atoms with Gasteiger partial charge >= 0.3 is 6.09 Å². The van der Waals surface area contributed by atoms with Gasteiger partial charge < -0.3 is 14.8 Å². The monoisotopic (exact) mass is 709 g/mol. The van der Waals surface area contributed by atoms with Crippen molar-refractivity contribution in [2.45, 2.75) is 47.2 Å². The Hall–Kier alpha value is -4.91. The second-order valence-electron chi connectivity index (χ2n) is 13.0. The number of thiazole rings is 1. The highest BCUT2D eigenvalue weighted by atomic mass is 32.1. The van der Waals surface area contributed by atoms with Gasteiger partial charge in [-0.2, -0.15) is 4.98 Å². The molecule has 1 aliphatic heterocycles. The fourth-order valence-corrected chi connectivity index (χ4v) is 6.95. The van der Waals surface area contributed by atoms with Crippen LogP contribution in [0.2, 0.25) is 0 Å². The molecule has 0 saturated carbocycles. The van der Waals surface area contributed by atoms with E-state index in [1.54, 1.807) is 24.4 Å². The minimum Gasteiger partial charge on any atom is -0.489 e. The Labute approximate surface area is 302 Å². The molecule has 5 aromatic rings. The zero-order chi connectivity index (χ0) is 35.9. The molecule has 0 bridgehead atoms. The number of nitrogens with zero attached hydrogens (tertiary/aromatic N) is 6. The molecule has 0 aliphatic carbocycles. The number of aryl methyl sites for hydroxylation is 3. The maximum Gasteiger partial charge on any atom is 0.421 e. The Morgan fingerprint density at radius 3 is 2.43 bits per heavy atom. The summed E-state index contributed by atoms with van der Waals surface area (Å²) < 4.78 is 26.9. The number of hydrogen-bond donors (Lipinski definition) is 1. The van der Waals surface area contributed by atoms with Crippen molar-refractivity contribution in [3.8, 4) is 22.1 Å². The number of rotatable bonds is 12. The molecule has 1 aliphatic rings. The Morgan fingerprint density at radius 1 is 0.980 bits per heavy atom. The van der Waals surface area contributed by atoms with Crippen molar-refractivity contribution in [1.82, 2.24) is 24.8 Å². The van der Waals surface area contributed by atoms with Gasteiger partial charge in [-0.25, -0.2) is 19.2 Å². The van der Waals surface area contributed by atoms with E-state index in [9.17, 15) is 4.79 Å². The van der Waals surface area contributed by atoms with E-state index in [1.165, 1.54) is 22.3 Å². The third kappa shape index (κ3) is 9.26. The number of hydrogen-bond acceptors (Lipinski definition) is 10. The molecule has 3 aromatic carbocycles. The first-order valence-electron chi connectivity index (χ1n) is 17.2. The average molecular weight is 710 g/mol. The summed E-state index contributed by atoms with van der Waals surface area (Å²) in [5, 5.41) is 5.83. The zero-order valence-corrected chi connectivity index (χ0v) is 30.5. The molecule has 1 amide bonds. The van der Waals surface area contributed by atoms with E-state index in [4.69, 9.17) is 14.5 Å². The molecule has 12 heteroatoms. The number of piperazine rings is 1. The molecular formula is C39H44FN7O3S. The van der Waals surface area contributed by atoms with Gasteiger partial charge in [-0.15, -0.1) is 11.3 Å². The number of carbonyl (C=O) groups is 1. The van der Waals surface area contributed by atoms with Crippen molar-refractivity contribution < 1.29 is 18.7 Å². The van der Waals surface area contributed by atoms with E-state index in [-0.39, 0.29) is 18.2 Å². The maximum atomic E-state index is 15.1. The van der Waals surface area contributed by atoms with E-state index in [1.807, 2.05) is 68.6 Å².